The van der Waals surface area contributed by atoms with Gasteiger partial charge in [-0.05, 0) is 43.9 Å². The summed E-state index contributed by atoms with van der Waals surface area (Å²) in [5.74, 6) is -0.0958. The summed E-state index contributed by atoms with van der Waals surface area (Å²) >= 11 is 0. The second-order valence-electron chi connectivity index (χ2n) is 6.86. The molecule has 0 aliphatic carbocycles. The quantitative estimate of drug-likeness (QED) is 0.834. The van der Waals surface area contributed by atoms with Crippen molar-refractivity contribution in [3.8, 4) is 0 Å². The van der Waals surface area contributed by atoms with Gasteiger partial charge < -0.3 is 14.5 Å². The van der Waals surface area contributed by atoms with Crippen LogP contribution in [-0.4, -0.2) is 60.6 Å². The third-order valence-corrected chi connectivity index (χ3v) is 5.05. The number of halogens is 2. The van der Waals surface area contributed by atoms with Gasteiger partial charge in [0.2, 0.25) is 0 Å². The van der Waals surface area contributed by atoms with Gasteiger partial charge in [0.05, 0.1) is 5.60 Å². The Morgan fingerprint density at radius 2 is 2.04 bits per heavy atom. The molecule has 2 aliphatic rings. The van der Waals surface area contributed by atoms with Crippen molar-refractivity contribution in [2.45, 2.75) is 37.9 Å². The van der Waals surface area contributed by atoms with Gasteiger partial charge in [-0.15, -0.1) is 12.4 Å². The molecule has 4 nitrogen and oxygen atoms in total. The van der Waals surface area contributed by atoms with Crippen LogP contribution in [0.4, 0.5) is 4.39 Å². The summed E-state index contributed by atoms with van der Waals surface area (Å²) in [5, 5.41) is 0. The predicted octanol–water partition coefficient (Wildman–Crippen LogP) is 2.50. The lowest BCUT2D eigenvalue weighted by Crippen LogP contribution is -2.60. The molecule has 1 spiro atoms. The summed E-state index contributed by atoms with van der Waals surface area (Å²) in [7, 11) is 1.86. The Balaban J connectivity index is 0.00000208. The Morgan fingerprint density at radius 1 is 1.33 bits per heavy atom. The zero-order valence-electron chi connectivity index (χ0n) is 14.3. The molecule has 0 radical (unpaired) electrons. The Kier molecular flexibility index (Phi) is 6.23. The van der Waals surface area contributed by atoms with Crippen molar-refractivity contribution in [2.75, 3.05) is 33.2 Å². The van der Waals surface area contributed by atoms with Crippen molar-refractivity contribution in [3.63, 3.8) is 0 Å². The van der Waals surface area contributed by atoms with Gasteiger partial charge in [0, 0.05) is 33.2 Å². The minimum Gasteiger partial charge on any atom is -0.360 e. The van der Waals surface area contributed by atoms with E-state index in [4.69, 9.17) is 4.74 Å². The van der Waals surface area contributed by atoms with E-state index in [1.807, 2.05) is 20.0 Å². The maximum absolute atomic E-state index is 13.2. The zero-order chi connectivity index (χ0) is 16.4. The minimum atomic E-state index is -0.340. The average molecular weight is 357 g/mol. The first kappa shape index (κ1) is 19.2. The monoisotopic (exact) mass is 356 g/mol. The minimum absolute atomic E-state index is 0. The van der Waals surface area contributed by atoms with Crippen LogP contribution < -0.4 is 0 Å². The summed E-state index contributed by atoms with van der Waals surface area (Å²) < 4.78 is 19.3. The molecule has 2 aliphatic heterocycles. The first-order valence-electron chi connectivity index (χ1n) is 8.37. The number of piperidine rings is 1. The maximum atomic E-state index is 13.2. The first-order valence-corrected chi connectivity index (χ1v) is 8.37. The highest BCUT2D eigenvalue weighted by atomic mass is 35.5. The lowest BCUT2D eigenvalue weighted by Gasteiger charge is -2.48. The number of rotatable bonds is 3. The number of likely N-dealkylation sites (N-methyl/N-ethyl adjacent to an activating group) is 1. The highest BCUT2D eigenvalue weighted by Crippen LogP contribution is 2.32. The molecule has 6 heteroatoms. The summed E-state index contributed by atoms with van der Waals surface area (Å²) in [6, 6.07) is 6.83. The Labute approximate surface area is 149 Å². The van der Waals surface area contributed by atoms with E-state index < -0.39 is 0 Å². The second-order valence-corrected chi connectivity index (χ2v) is 6.86. The van der Waals surface area contributed by atoms with E-state index in [2.05, 4.69) is 4.90 Å². The van der Waals surface area contributed by atoms with Crippen LogP contribution in [0.3, 0.4) is 0 Å². The summed E-state index contributed by atoms with van der Waals surface area (Å²) in [4.78, 5) is 16.1. The fourth-order valence-corrected chi connectivity index (χ4v) is 3.72. The summed E-state index contributed by atoms with van der Waals surface area (Å²) in [6.07, 6.45) is 2.41. The van der Waals surface area contributed by atoms with Crippen LogP contribution in [0.1, 0.15) is 25.3 Å². The molecule has 1 atom stereocenters. The summed E-state index contributed by atoms with van der Waals surface area (Å²) in [5.41, 5.74) is 0.857. The van der Waals surface area contributed by atoms with E-state index in [1.54, 1.807) is 17.0 Å². The Morgan fingerprint density at radius 3 is 2.67 bits per heavy atom. The van der Waals surface area contributed by atoms with Crippen molar-refractivity contribution in [2.24, 2.45) is 0 Å². The Bertz CT molecular complexity index is 560. The van der Waals surface area contributed by atoms with E-state index >= 15 is 0 Å². The Hall–Kier alpha value is -1.17. The third kappa shape index (κ3) is 4.26. The number of benzene rings is 1. The van der Waals surface area contributed by atoms with E-state index in [0.717, 1.165) is 44.5 Å². The SMILES string of the molecule is C[C@H]1OC2(CCN(CCc3cccc(F)c3)CC2)CN(C)C1=O.Cl. The number of nitrogens with zero attached hydrogens (tertiary/aromatic N) is 2. The number of ether oxygens (including phenoxy) is 1. The number of hydrogen-bond acceptors (Lipinski definition) is 3. The van der Waals surface area contributed by atoms with Crippen molar-refractivity contribution in [1.29, 1.82) is 0 Å². The van der Waals surface area contributed by atoms with Crippen LogP contribution in [-0.2, 0) is 16.0 Å². The lowest BCUT2D eigenvalue weighted by molar-refractivity contribution is -0.186. The predicted molar refractivity (Wildman–Crippen MR) is 93.9 cm³/mol. The van der Waals surface area contributed by atoms with Gasteiger partial charge in [-0.1, -0.05) is 12.1 Å². The molecule has 2 saturated heterocycles. The fourth-order valence-electron chi connectivity index (χ4n) is 3.72. The molecular formula is C18H26ClFN2O2. The molecule has 0 bridgehead atoms. The normalized spacial score (nSPS) is 24.0. The highest BCUT2D eigenvalue weighted by molar-refractivity contribution is 5.85. The van der Waals surface area contributed by atoms with E-state index in [9.17, 15) is 9.18 Å². The topological polar surface area (TPSA) is 32.8 Å². The van der Waals surface area contributed by atoms with Crippen LogP contribution in [0.2, 0.25) is 0 Å². The van der Waals surface area contributed by atoms with Crippen molar-refractivity contribution in [1.82, 2.24) is 9.80 Å². The largest absolute Gasteiger partial charge is 0.360 e. The molecule has 3 rings (SSSR count). The molecule has 0 unspecified atom stereocenters. The molecule has 0 saturated carbocycles. The molecule has 2 fully saturated rings. The number of morpholine rings is 1. The first-order chi connectivity index (χ1) is 11.0. The van der Waals surface area contributed by atoms with Gasteiger partial charge in [0.25, 0.3) is 5.91 Å². The molecule has 2 heterocycles. The van der Waals surface area contributed by atoms with Crippen LogP contribution in [0.25, 0.3) is 0 Å². The number of carbonyl (C=O) groups excluding carboxylic acids is 1. The van der Waals surface area contributed by atoms with Gasteiger partial charge in [-0.25, -0.2) is 4.39 Å². The maximum Gasteiger partial charge on any atom is 0.251 e. The molecular weight excluding hydrogens is 331 g/mol. The standard InChI is InChI=1S/C18H25FN2O2.ClH/c1-14-17(22)20(2)13-18(23-14)7-10-21(11-8-18)9-6-15-4-3-5-16(19)12-15;/h3-5,12,14H,6-11,13H2,1-2H3;1H/t14-;/m1./s1. The van der Waals surface area contributed by atoms with Crippen LogP contribution in [0.15, 0.2) is 24.3 Å². The van der Waals surface area contributed by atoms with E-state index in [0.29, 0.717) is 6.54 Å². The van der Waals surface area contributed by atoms with Crippen molar-refractivity contribution >= 4 is 18.3 Å². The lowest BCUT2D eigenvalue weighted by atomic mass is 9.88. The van der Waals surface area contributed by atoms with Gasteiger partial charge in [-0.3, -0.25) is 4.79 Å². The number of amides is 1. The number of likely N-dealkylation sites (tertiary alicyclic amines) is 1. The fraction of sp³-hybridized carbons (Fsp3) is 0.611. The highest BCUT2D eigenvalue weighted by Gasteiger charge is 2.43. The summed E-state index contributed by atoms with van der Waals surface area (Å²) in [6.45, 7) is 5.39. The second kappa shape index (κ2) is 7.81. The molecule has 0 N–H and O–H groups in total. The molecule has 0 aromatic heterocycles. The van der Waals surface area contributed by atoms with Gasteiger partial charge in [-0.2, -0.15) is 0 Å². The van der Waals surface area contributed by atoms with Gasteiger partial charge in [0.1, 0.15) is 11.9 Å². The van der Waals surface area contributed by atoms with Crippen LogP contribution >= 0.6 is 12.4 Å². The molecule has 134 valence electrons. The van der Waals surface area contributed by atoms with E-state index in [1.165, 1.54) is 6.07 Å². The molecule has 1 amide bonds. The molecule has 24 heavy (non-hydrogen) atoms. The van der Waals surface area contributed by atoms with Crippen molar-refractivity contribution in [3.05, 3.63) is 35.6 Å². The van der Waals surface area contributed by atoms with E-state index in [-0.39, 0.29) is 35.8 Å². The van der Waals surface area contributed by atoms with Crippen molar-refractivity contribution < 1.29 is 13.9 Å². The molecule has 1 aromatic rings. The smallest absolute Gasteiger partial charge is 0.251 e. The number of carbonyl (C=O) groups is 1. The van der Waals surface area contributed by atoms with Gasteiger partial charge >= 0.3 is 0 Å². The third-order valence-electron chi connectivity index (χ3n) is 5.05. The zero-order valence-corrected chi connectivity index (χ0v) is 15.2. The van der Waals surface area contributed by atoms with Gasteiger partial charge in [0.15, 0.2) is 0 Å². The van der Waals surface area contributed by atoms with Crippen LogP contribution in [0, 0.1) is 5.82 Å². The number of hydrogen-bond donors (Lipinski definition) is 0. The average Bonchev–Trinajstić information content (AvgIpc) is 2.52. The van der Waals surface area contributed by atoms with Crippen LogP contribution in [0.5, 0.6) is 0 Å². The molecule has 1 aromatic carbocycles.